The highest BCUT2D eigenvalue weighted by molar-refractivity contribution is 6.11. The van der Waals surface area contributed by atoms with Gasteiger partial charge in [-0.15, -0.1) is 0 Å². The van der Waals surface area contributed by atoms with Gasteiger partial charge in [-0.25, -0.2) is 4.79 Å². The molecular formula is C20H18N4O5. The van der Waals surface area contributed by atoms with Gasteiger partial charge in [-0.1, -0.05) is 30.3 Å². The summed E-state index contributed by atoms with van der Waals surface area (Å²) < 4.78 is 0. The molecule has 0 saturated carbocycles. The number of nitrogens with one attached hydrogen (secondary N) is 2. The van der Waals surface area contributed by atoms with Crippen LogP contribution in [0.4, 0.5) is 16.2 Å². The predicted molar refractivity (Wildman–Crippen MR) is 103 cm³/mol. The Bertz CT molecular complexity index is 1070. The third-order valence-corrected chi connectivity index (χ3v) is 5.41. The number of hydrogen-bond donors (Lipinski definition) is 2. The summed E-state index contributed by atoms with van der Waals surface area (Å²) in [6.45, 7) is 1.12. The van der Waals surface area contributed by atoms with Crippen molar-refractivity contribution in [1.29, 1.82) is 0 Å². The number of anilines is 1. The summed E-state index contributed by atoms with van der Waals surface area (Å²) in [5.41, 5.74) is 1.19. The summed E-state index contributed by atoms with van der Waals surface area (Å²) in [5, 5.41) is 16.3. The van der Waals surface area contributed by atoms with Gasteiger partial charge in [-0.05, 0) is 37.0 Å². The molecule has 9 nitrogen and oxygen atoms in total. The van der Waals surface area contributed by atoms with Gasteiger partial charge in [0.15, 0.2) is 0 Å². The van der Waals surface area contributed by atoms with E-state index in [9.17, 15) is 24.5 Å². The molecule has 4 amide bonds. The second-order valence-electron chi connectivity index (χ2n) is 7.19. The number of hydrogen-bond acceptors (Lipinski definition) is 5. The Kier molecular flexibility index (Phi) is 4.30. The first kappa shape index (κ1) is 18.6. The quantitative estimate of drug-likeness (QED) is 0.468. The summed E-state index contributed by atoms with van der Waals surface area (Å²) in [5.74, 6) is -1.08. The molecule has 2 aromatic rings. The molecule has 4 rings (SSSR count). The highest BCUT2D eigenvalue weighted by Gasteiger charge is 2.55. The Morgan fingerprint density at radius 3 is 2.79 bits per heavy atom. The lowest BCUT2D eigenvalue weighted by molar-refractivity contribution is -0.385. The standard InChI is InChI=1S/C20H18N4O5/c1-12-6-7-14(10-16(12)24(28)29)21-17(25)11-23-18(26)20(22-19(23)27)9-8-13-4-2-3-5-15(13)20/h2-7,10H,8-9,11H2,1H3,(H,21,25)(H,22,27). The summed E-state index contributed by atoms with van der Waals surface area (Å²) in [4.78, 5) is 49.3. The maximum atomic E-state index is 13.1. The molecule has 29 heavy (non-hydrogen) atoms. The molecule has 0 bridgehead atoms. The minimum Gasteiger partial charge on any atom is -0.324 e. The molecule has 9 heteroatoms. The summed E-state index contributed by atoms with van der Waals surface area (Å²) in [6, 6.07) is 11.1. The topological polar surface area (TPSA) is 122 Å². The number of imide groups is 1. The van der Waals surface area contributed by atoms with Crippen LogP contribution in [0.25, 0.3) is 0 Å². The van der Waals surface area contributed by atoms with Gasteiger partial charge < -0.3 is 10.6 Å². The van der Waals surface area contributed by atoms with Gasteiger partial charge >= 0.3 is 6.03 Å². The molecule has 1 spiro atoms. The maximum Gasteiger partial charge on any atom is 0.325 e. The number of urea groups is 1. The Morgan fingerprint density at radius 1 is 1.28 bits per heavy atom. The lowest BCUT2D eigenvalue weighted by Gasteiger charge is -2.22. The van der Waals surface area contributed by atoms with Crippen molar-refractivity contribution >= 4 is 29.2 Å². The van der Waals surface area contributed by atoms with E-state index in [1.807, 2.05) is 24.3 Å². The molecule has 2 aromatic carbocycles. The first-order valence-corrected chi connectivity index (χ1v) is 9.09. The molecule has 2 aliphatic rings. The van der Waals surface area contributed by atoms with Gasteiger partial charge in [-0.3, -0.25) is 24.6 Å². The molecule has 0 radical (unpaired) electrons. The van der Waals surface area contributed by atoms with E-state index in [-0.39, 0.29) is 11.4 Å². The van der Waals surface area contributed by atoms with E-state index in [1.165, 1.54) is 18.2 Å². The normalized spacial score (nSPS) is 20.0. The number of nitrogens with zero attached hydrogens (tertiary/aromatic N) is 2. The molecule has 1 atom stereocenters. The number of fused-ring (bicyclic) bond motifs is 2. The number of rotatable bonds is 4. The predicted octanol–water partition coefficient (Wildman–Crippen LogP) is 2.24. The summed E-state index contributed by atoms with van der Waals surface area (Å²) in [7, 11) is 0. The average molecular weight is 394 g/mol. The van der Waals surface area contributed by atoms with Crippen molar-refractivity contribution in [2.24, 2.45) is 0 Å². The molecule has 1 heterocycles. The largest absolute Gasteiger partial charge is 0.325 e. The van der Waals surface area contributed by atoms with Gasteiger partial charge in [0.1, 0.15) is 12.1 Å². The van der Waals surface area contributed by atoms with Gasteiger partial charge in [-0.2, -0.15) is 0 Å². The van der Waals surface area contributed by atoms with Crippen LogP contribution in [0.2, 0.25) is 0 Å². The molecule has 1 aliphatic heterocycles. The minimum atomic E-state index is -1.13. The first-order valence-electron chi connectivity index (χ1n) is 9.09. The van der Waals surface area contributed by atoms with Crippen LogP contribution in [-0.4, -0.2) is 34.2 Å². The average Bonchev–Trinajstić information content (AvgIpc) is 3.17. The van der Waals surface area contributed by atoms with Crippen molar-refractivity contribution in [3.8, 4) is 0 Å². The second kappa shape index (κ2) is 6.69. The van der Waals surface area contributed by atoms with Gasteiger partial charge in [0.2, 0.25) is 5.91 Å². The van der Waals surface area contributed by atoms with Crippen molar-refractivity contribution in [1.82, 2.24) is 10.2 Å². The fourth-order valence-electron chi connectivity index (χ4n) is 3.96. The van der Waals surface area contributed by atoms with Crippen molar-refractivity contribution in [2.75, 3.05) is 11.9 Å². The van der Waals surface area contributed by atoms with Gasteiger partial charge in [0.05, 0.1) is 4.92 Å². The third-order valence-electron chi connectivity index (χ3n) is 5.41. The van der Waals surface area contributed by atoms with Gasteiger partial charge in [0, 0.05) is 17.3 Å². The number of benzene rings is 2. The first-order chi connectivity index (χ1) is 13.8. The lowest BCUT2D eigenvalue weighted by atomic mass is 9.92. The Labute approximate surface area is 165 Å². The fourth-order valence-corrected chi connectivity index (χ4v) is 3.96. The fraction of sp³-hybridized carbons (Fsp3) is 0.250. The molecule has 1 aliphatic carbocycles. The van der Waals surface area contributed by atoms with Crippen molar-refractivity contribution in [2.45, 2.75) is 25.3 Å². The van der Waals surface area contributed by atoms with E-state index in [0.717, 1.165) is 16.0 Å². The molecule has 1 fully saturated rings. The highest BCUT2D eigenvalue weighted by Crippen LogP contribution is 2.41. The number of aryl methyl sites for hydroxylation is 2. The van der Waals surface area contributed by atoms with E-state index in [4.69, 9.17) is 0 Å². The summed E-state index contributed by atoms with van der Waals surface area (Å²) in [6.07, 6.45) is 1.11. The number of nitro groups is 1. The smallest absolute Gasteiger partial charge is 0.324 e. The van der Waals surface area contributed by atoms with Crippen LogP contribution in [0.1, 0.15) is 23.1 Å². The molecule has 2 N–H and O–H groups in total. The van der Waals surface area contributed by atoms with Crippen LogP contribution < -0.4 is 10.6 Å². The number of nitro benzene ring substituents is 1. The maximum absolute atomic E-state index is 13.1. The van der Waals surface area contributed by atoms with E-state index >= 15 is 0 Å². The Hall–Kier alpha value is -3.75. The van der Waals surface area contributed by atoms with Crippen molar-refractivity contribution < 1.29 is 19.3 Å². The van der Waals surface area contributed by atoms with Crippen molar-refractivity contribution in [3.05, 3.63) is 69.3 Å². The second-order valence-corrected chi connectivity index (χ2v) is 7.19. The zero-order valence-corrected chi connectivity index (χ0v) is 15.6. The highest BCUT2D eigenvalue weighted by atomic mass is 16.6. The zero-order chi connectivity index (χ0) is 20.8. The van der Waals surface area contributed by atoms with Crippen LogP contribution in [0, 0.1) is 17.0 Å². The van der Waals surface area contributed by atoms with Crippen LogP contribution in [-0.2, 0) is 21.5 Å². The van der Waals surface area contributed by atoms with Crippen LogP contribution in [0.15, 0.2) is 42.5 Å². The number of amides is 4. The van der Waals surface area contributed by atoms with Crippen LogP contribution in [0.5, 0.6) is 0 Å². The van der Waals surface area contributed by atoms with Crippen molar-refractivity contribution in [3.63, 3.8) is 0 Å². The van der Waals surface area contributed by atoms with E-state index in [1.54, 1.807) is 6.92 Å². The number of carbonyl (C=O) groups excluding carboxylic acids is 3. The van der Waals surface area contributed by atoms with Crippen LogP contribution in [0.3, 0.4) is 0 Å². The number of carbonyl (C=O) groups is 3. The zero-order valence-electron chi connectivity index (χ0n) is 15.6. The molecular weight excluding hydrogens is 376 g/mol. The minimum absolute atomic E-state index is 0.126. The monoisotopic (exact) mass is 394 g/mol. The van der Waals surface area contributed by atoms with E-state index in [0.29, 0.717) is 18.4 Å². The van der Waals surface area contributed by atoms with E-state index < -0.39 is 34.9 Å². The van der Waals surface area contributed by atoms with E-state index in [2.05, 4.69) is 10.6 Å². The Morgan fingerprint density at radius 2 is 2.03 bits per heavy atom. The third kappa shape index (κ3) is 3.00. The molecule has 0 aromatic heterocycles. The van der Waals surface area contributed by atoms with Gasteiger partial charge in [0.25, 0.3) is 11.6 Å². The lowest BCUT2D eigenvalue weighted by Crippen LogP contribution is -2.43. The SMILES string of the molecule is Cc1ccc(NC(=O)CN2C(=O)NC3(CCc4ccccc43)C2=O)cc1[N+](=O)[O-]. The summed E-state index contributed by atoms with van der Waals surface area (Å²) >= 11 is 0. The molecule has 1 saturated heterocycles. The van der Waals surface area contributed by atoms with Crippen LogP contribution >= 0.6 is 0 Å². The molecule has 1 unspecified atom stereocenters. The molecule has 148 valence electrons. The Balaban J connectivity index is 1.51.